The van der Waals surface area contributed by atoms with Crippen molar-refractivity contribution in [3.05, 3.63) is 88.6 Å². The van der Waals surface area contributed by atoms with Gasteiger partial charge in [-0.3, -0.25) is 4.79 Å². The highest BCUT2D eigenvalue weighted by molar-refractivity contribution is 7.92. The van der Waals surface area contributed by atoms with E-state index in [4.69, 9.17) is 37.4 Å². The molecule has 0 unspecified atom stereocenters. The summed E-state index contributed by atoms with van der Waals surface area (Å²) < 4.78 is 75.7. The summed E-state index contributed by atoms with van der Waals surface area (Å²) in [5.74, 6) is -0.451. The highest BCUT2D eigenvalue weighted by atomic mass is 35.5. The lowest BCUT2D eigenvalue weighted by molar-refractivity contribution is -0.150. The number of alkyl halides is 2. The van der Waals surface area contributed by atoms with Crippen LogP contribution in [-0.2, 0) is 30.8 Å². The Hall–Kier alpha value is -4.07. The number of ether oxygens (including phenoxy) is 4. The molecule has 1 atom stereocenters. The van der Waals surface area contributed by atoms with Crippen molar-refractivity contribution in [2.24, 2.45) is 5.92 Å². The van der Waals surface area contributed by atoms with Gasteiger partial charge < -0.3 is 23.5 Å². The quantitative estimate of drug-likeness (QED) is 0.111. The lowest BCUT2D eigenvalue weighted by Crippen LogP contribution is -2.40. The smallest absolute Gasteiger partial charge is 0.428 e. The van der Waals surface area contributed by atoms with Crippen molar-refractivity contribution in [3.8, 4) is 11.5 Å². The predicted octanol–water partition coefficient (Wildman–Crippen LogP) is 9.23. The first-order valence-electron chi connectivity index (χ1n) is 16.0. The maximum absolute atomic E-state index is 13.6. The number of hydrogen-bond acceptors (Lipinski definition) is 8. The topological polar surface area (TPSA) is 113 Å². The van der Waals surface area contributed by atoms with E-state index in [9.17, 15) is 26.8 Å². The Balaban J connectivity index is 1.66. The minimum Gasteiger partial charge on any atom is -0.489 e. The van der Waals surface area contributed by atoms with Crippen molar-refractivity contribution in [3.63, 3.8) is 0 Å². The van der Waals surface area contributed by atoms with Crippen LogP contribution in [0.15, 0.2) is 83.0 Å². The fourth-order valence-electron chi connectivity index (χ4n) is 5.07. The molecule has 1 heterocycles. The largest absolute Gasteiger partial charge is 0.489 e. The van der Waals surface area contributed by atoms with Gasteiger partial charge in [0.05, 0.1) is 18.6 Å². The van der Waals surface area contributed by atoms with Gasteiger partial charge in [0.15, 0.2) is 11.5 Å². The Morgan fingerprint density at radius 2 is 1.80 bits per heavy atom. The molecule has 4 rings (SSSR count). The van der Waals surface area contributed by atoms with Crippen LogP contribution in [0.2, 0.25) is 0 Å². The number of benzene rings is 2. The lowest BCUT2D eigenvalue weighted by atomic mass is 9.99. The third kappa shape index (κ3) is 11.0. The summed E-state index contributed by atoms with van der Waals surface area (Å²) in [6, 6.07) is 10.5. The first kappa shape index (κ1) is 39.7. The van der Waals surface area contributed by atoms with Gasteiger partial charge in [-0.25, -0.2) is 13.2 Å². The Labute approximate surface area is 306 Å². The van der Waals surface area contributed by atoms with E-state index in [2.05, 4.69) is 11.3 Å². The number of hydrogen-bond donors (Lipinski definition) is 0. The van der Waals surface area contributed by atoms with Crippen molar-refractivity contribution >= 4 is 61.9 Å². The molecule has 1 aliphatic rings. The van der Waals surface area contributed by atoms with E-state index >= 15 is 0 Å². The van der Waals surface area contributed by atoms with Gasteiger partial charge in [0.25, 0.3) is 0 Å². The number of allylic oxidation sites excluding steroid dienone is 4. The monoisotopic (exact) mass is 768 g/mol. The number of rotatable bonds is 15. The number of carbonyl (C=O) groups is 2. The highest BCUT2D eigenvalue weighted by Crippen LogP contribution is 2.39. The molecule has 276 valence electrons. The summed E-state index contributed by atoms with van der Waals surface area (Å²) in [6.45, 7) is 7.25. The molecule has 0 spiro atoms. The fraction of sp³-hybridized carbons (Fsp3) is 0.389. The van der Waals surface area contributed by atoms with Crippen molar-refractivity contribution in [2.45, 2.75) is 71.8 Å². The van der Waals surface area contributed by atoms with E-state index < -0.39 is 40.4 Å². The third-order valence-corrected chi connectivity index (χ3v) is 9.43. The van der Waals surface area contributed by atoms with Crippen LogP contribution in [0.4, 0.5) is 19.3 Å². The Morgan fingerprint density at radius 3 is 2.39 bits per heavy atom. The van der Waals surface area contributed by atoms with Crippen LogP contribution in [0.25, 0.3) is 10.9 Å². The molecule has 10 nitrogen and oxygen atoms in total. The number of carbonyl (C=O) groups excluding carboxylic acids is 2. The highest BCUT2D eigenvalue weighted by Gasteiger charge is 2.31. The van der Waals surface area contributed by atoms with Crippen LogP contribution in [-0.4, -0.2) is 50.1 Å². The minimum atomic E-state index is -4.06. The molecule has 51 heavy (non-hydrogen) atoms. The zero-order chi connectivity index (χ0) is 37.7. The fourth-order valence-corrected chi connectivity index (χ4v) is 6.28. The maximum Gasteiger partial charge on any atom is 0.428 e. The number of amides is 1. The van der Waals surface area contributed by atoms with Crippen LogP contribution < -0.4 is 13.8 Å². The number of sulfonamides is 1. The summed E-state index contributed by atoms with van der Waals surface area (Å²) in [4.78, 5) is 26.4. The summed E-state index contributed by atoms with van der Waals surface area (Å²) in [5.41, 5.74) is 0.498. The standard InChI is InChI=1S/C36H40Cl2F2N2O8S/c1-7-27(37)26(28(38)8-2)19-31(24-11-14-30(49-34(39)40)32(18-24)47-21-22-9-10-22)48-33(43)20-41-16-15-23-17-25(12-13-29(23)41)42(51(6,45)46)35(44)50-36(3,4)5/h7-8,11-18,22,31,34H,1,9-10,19-21H2,2-6H3/b27-26+,28-8+/t31-/m0/s1. The van der Waals surface area contributed by atoms with Crippen molar-refractivity contribution in [1.82, 2.24) is 4.57 Å². The zero-order valence-electron chi connectivity index (χ0n) is 28.8. The molecule has 2 aromatic carbocycles. The van der Waals surface area contributed by atoms with E-state index in [0.717, 1.165) is 19.1 Å². The normalized spacial score (nSPS) is 14.9. The molecular weight excluding hydrogens is 729 g/mol. The van der Waals surface area contributed by atoms with Crippen LogP contribution >= 0.6 is 23.2 Å². The number of anilines is 1. The predicted molar refractivity (Wildman–Crippen MR) is 193 cm³/mol. The molecule has 0 N–H and O–H groups in total. The number of aromatic nitrogens is 1. The second kappa shape index (κ2) is 16.5. The van der Waals surface area contributed by atoms with Crippen LogP contribution in [0.5, 0.6) is 11.5 Å². The van der Waals surface area contributed by atoms with Crippen molar-refractivity contribution in [2.75, 3.05) is 17.2 Å². The van der Waals surface area contributed by atoms with E-state index in [-0.39, 0.29) is 35.2 Å². The van der Waals surface area contributed by atoms with Gasteiger partial charge in [-0.15, -0.1) is 0 Å². The summed E-state index contributed by atoms with van der Waals surface area (Å²) in [7, 11) is -4.06. The molecule has 0 radical (unpaired) electrons. The van der Waals surface area contributed by atoms with Crippen LogP contribution in [0, 0.1) is 5.92 Å². The zero-order valence-corrected chi connectivity index (χ0v) is 31.2. The Bertz CT molecular complexity index is 1950. The first-order valence-corrected chi connectivity index (χ1v) is 18.6. The number of nitrogens with zero attached hydrogens (tertiary/aromatic N) is 2. The van der Waals surface area contributed by atoms with E-state index in [1.165, 1.54) is 36.4 Å². The van der Waals surface area contributed by atoms with Gasteiger partial charge in [0.2, 0.25) is 10.0 Å². The van der Waals surface area contributed by atoms with Gasteiger partial charge in [-0.1, -0.05) is 48.0 Å². The number of halogens is 4. The molecule has 0 saturated heterocycles. The van der Waals surface area contributed by atoms with Gasteiger partial charge >= 0.3 is 18.7 Å². The first-order chi connectivity index (χ1) is 23.9. The van der Waals surface area contributed by atoms with Gasteiger partial charge in [0.1, 0.15) is 18.2 Å². The molecular formula is C36H40Cl2F2N2O8S. The van der Waals surface area contributed by atoms with Gasteiger partial charge in [-0.05, 0) is 94.0 Å². The Kier molecular flexibility index (Phi) is 12.9. The van der Waals surface area contributed by atoms with Crippen molar-refractivity contribution < 1.29 is 45.7 Å². The second-order valence-electron chi connectivity index (χ2n) is 12.9. The van der Waals surface area contributed by atoms with Crippen LogP contribution in [0.3, 0.4) is 0 Å². The van der Waals surface area contributed by atoms with E-state index in [1.807, 2.05) is 0 Å². The summed E-state index contributed by atoms with van der Waals surface area (Å²) >= 11 is 13.0. The summed E-state index contributed by atoms with van der Waals surface area (Å²) in [5, 5.41) is 1.05. The molecule has 1 aromatic heterocycles. The lowest BCUT2D eigenvalue weighted by Gasteiger charge is -2.26. The molecule has 1 amide bonds. The van der Waals surface area contributed by atoms with Crippen LogP contribution in [0.1, 0.15) is 58.6 Å². The molecule has 0 bridgehead atoms. The average Bonchev–Trinajstić information content (AvgIpc) is 3.79. The number of esters is 1. The number of fused-ring (bicyclic) bond motifs is 1. The second-order valence-corrected chi connectivity index (χ2v) is 15.5. The van der Waals surface area contributed by atoms with E-state index in [1.54, 1.807) is 56.7 Å². The van der Waals surface area contributed by atoms with Crippen molar-refractivity contribution in [1.29, 1.82) is 0 Å². The third-order valence-electron chi connectivity index (χ3n) is 7.58. The molecule has 1 fully saturated rings. The minimum absolute atomic E-state index is 0.00133. The SMILES string of the molecule is C=C/C(Cl)=C(C[C@H](OC(=O)Cn1ccc2cc(N(C(=O)OC(C)(C)C)S(C)(=O)=O)ccc21)c1ccc(OC(F)F)c(OCC2CC2)c1)\C(Cl)=C/C. The maximum atomic E-state index is 13.6. The molecule has 15 heteroatoms. The molecule has 0 aliphatic heterocycles. The summed E-state index contributed by atoms with van der Waals surface area (Å²) in [6.07, 6.45) is 5.40. The van der Waals surface area contributed by atoms with E-state index in [0.29, 0.717) is 43.9 Å². The molecule has 1 saturated carbocycles. The molecule has 1 aliphatic carbocycles. The van der Waals surface area contributed by atoms with Gasteiger partial charge in [-0.2, -0.15) is 13.1 Å². The Morgan fingerprint density at radius 1 is 1.10 bits per heavy atom. The average molecular weight is 770 g/mol. The molecule has 3 aromatic rings. The van der Waals surface area contributed by atoms with Gasteiger partial charge in [0, 0.05) is 33.6 Å².